The SMILES string of the molecule is O=C(Nc1ccccc1)c1ccc(Nc2ccc3c(c2)OCCO3)cn1. The molecular formula is C20H17N3O3. The van der Waals surface area contributed by atoms with Crippen molar-refractivity contribution in [1.82, 2.24) is 4.98 Å². The van der Waals surface area contributed by atoms with Crippen molar-refractivity contribution in [2.24, 2.45) is 0 Å². The number of pyridine rings is 1. The summed E-state index contributed by atoms with van der Waals surface area (Å²) in [5.41, 5.74) is 2.72. The number of nitrogens with zero attached hydrogens (tertiary/aromatic N) is 1. The fraction of sp³-hybridized carbons (Fsp3) is 0.100. The lowest BCUT2D eigenvalue weighted by Crippen LogP contribution is -2.15. The fourth-order valence-electron chi connectivity index (χ4n) is 2.61. The molecule has 6 heteroatoms. The van der Waals surface area contributed by atoms with Crippen molar-refractivity contribution in [3.8, 4) is 11.5 Å². The summed E-state index contributed by atoms with van der Waals surface area (Å²) >= 11 is 0. The van der Waals surface area contributed by atoms with Crippen molar-refractivity contribution in [3.63, 3.8) is 0 Å². The molecule has 4 rings (SSSR count). The Bertz CT molecular complexity index is 911. The molecule has 130 valence electrons. The van der Waals surface area contributed by atoms with E-state index >= 15 is 0 Å². The van der Waals surface area contributed by atoms with Crippen molar-refractivity contribution < 1.29 is 14.3 Å². The zero-order valence-corrected chi connectivity index (χ0v) is 13.9. The number of ether oxygens (including phenoxy) is 2. The molecule has 2 aromatic carbocycles. The van der Waals surface area contributed by atoms with Gasteiger partial charge < -0.3 is 20.1 Å². The molecule has 0 atom stereocenters. The van der Waals surface area contributed by atoms with E-state index in [2.05, 4.69) is 15.6 Å². The molecule has 1 aromatic heterocycles. The van der Waals surface area contributed by atoms with Crippen LogP contribution in [0.15, 0.2) is 66.9 Å². The number of nitrogens with one attached hydrogen (secondary N) is 2. The van der Waals surface area contributed by atoms with Crippen molar-refractivity contribution >= 4 is 23.0 Å². The number of para-hydroxylation sites is 1. The third-order valence-corrected chi connectivity index (χ3v) is 3.86. The molecule has 0 bridgehead atoms. The van der Waals surface area contributed by atoms with Gasteiger partial charge in [-0.05, 0) is 36.4 Å². The Morgan fingerprint density at radius 1 is 0.846 bits per heavy atom. The third kappa shape index (κ3) is 3.59. The maximum atomic E-state index is 12.2. The Morgan fingerprint density at radius 3 is 2.38 bits per heavy atom. The van der Waals surface area contributed by atoms with Crippen molar-refractivity contribution in [1.29, 1.82) is 0 Å². The number of anilines is 3. The Morgan fingerprint density at radius 2 is 1.62 bits per heavy atom. The van der Waals surface area contributed by atoms with Crippen LogP contribution in [0.5, 0.6) is 11.5 Å². The lowest BCUT2D eigenvalue weighted by Gasteiger charge is -2.19. The van der Waals surface area contributed by atoms with Crippen LogP contribution < -0.4 is 20.1 Å². The van der Waals surface area contributed by atoms with Crippen LogP contribution in [0.4, 0.5) is 17.1 Å². The van der Waals surface area contributed by atoms with E-state index in [4.69, 9.17) is 9.47 Å². The molecule has 0 spiro atoms. The van der Waals surface area contributed by atoms with E-state index in [1.54, 1.807) is 12.3 Å². The second kappa shape index (κ2) is 7.14. The molecule has 1 aliphatic rings. The predicted molar refractivity (Wildman–Crippen MR) is 99.3 cm³/mol. The van der Waals surface area contributed by atoms with Crippen LogP contribution in [0.1, 0.15) is 10.5 Å². The number of carbonyl (C=O) groups excluding carboxylic acids is 1. The minimum absolute atomic E-state index is 0.248. The van der Waals surface area contributed by atoms with E-state index in [1.807, 2.05) is 54.6 Å². The molecule has 26 heavy (non-hydrogen) atoms. The quantitative estimate of drug-likeness (QED) is 0.750. The lowest BCUT2D eigenvalue weighted by atomic mass is 10.2. The Balaban J connectivity index is 1.43. The van der Waals surface area contributed by atoms with E-state index in [0.29, 0.717) is 24.7 Å². The smallest absolute Gasteiger partial charge is 0.274 e. The number of rotatable bonds is 4. The lowest BCUT2D eigenvalue weighted by molar-refractivity contribution is 0.102. The van der Waals surface area contributed by atoms with Gasteiger partial charge in [0.1, 0.15) is 18.9 Å². The molecule has 0 radical (unpaired) electrons. The summed E-state index contributed by atoms with van der Waals surface area (Å²) in [6, 6.07) is 18.4. The van der Waals surface area contributed by atoms with Crippen LogP contribution in [-0.2, 0) is 0 Å². The normalized spacial score (nSPS) is 12.3. The predicted octanol–water partition coefficient (Wildman–Crippen LogP) is 3.85. The molecule has 2 heterocycles. The van der Waals surface area contributed by atoms with Crippen LogP contribution in [0, 0.1) is 0 Å². The van der Waals surface area contributed by atoms with Crippen molar-refractivity contribution in [2.75, 3.05) is 23.8 Å². The van der Waals surface area contributed by atoms with Crippen LogP contribution in [0.25, 0.3) is 0 Å². The zero-order chi connectivity index (χ0) is 17.8. The molecule has 2 N–H and O–H groups in total. The monoisotopic (exact) mass is 347 g/mol. The maximum absolute atomic E-state index is 12.2. The van der Waals surface area contributed by atoms with Gasteiger partial charge in [-0.25, -0.2) is 4.98 Å². The van der Waals surface area contributed by atoms with Gasteiger partial charge in [0.25, 0.3) is 5.91 Å². The van der Waals surface area contributed by atoms with Gasteiger partial charge in [0.2, 0.25) is 0 Å². The second-order valence-corrected chi connectivity index (χ2v) is 5.74. The number of hydrogen-bond acceptors (Lipinski definition) is 5. The standard InChI is InChI=1S/C20H17N3O3/c24-20(23-14-4-2-1-3-5-14)17-8-6-16(13-21-17)22-15-7-9-18-19(12-15)26-11-10-25-18/h1-9,12-13,22H,10-11H2,(H,23,24). The number of aromatic nitrogens is 1. The first kappa shape index (κ1) is 16.0. The summed E-state index contributed by atoms with van der Waals surface area (Å²) in [5, 5.41) is 6.05. The summed E-state index contributed by atoms with van der Waals surface area (Å²) in [5.74, 6) is 1.21. The summed E-state index contributed by atoms with van der Waals surface area (Å²) in [6.45, 7) is 1.11. The van der Waals surface area contributed by atoms with Gasteiger partial charge in [-0.2, -0.15) is 0 Å². The van der Waals surface area contributed by atoms with Gasteiger partial charge in [0, 0.05) is 17.4 Å². The number of benzene rings is 2. The van der Waals surface area contributed by atoms with E-state index < -0.39 is 0 Å². The Kier molecular flexibility index (Phi) is 4.38. The van der Waals surface area contributed by atoms with Crippen LogP contribution >= 0.6 is 0 Å². The van der Waals surface area contributed by atoms with Crippen molar-refractivity contribution in [2.45, 2.75) is 0 Å². The number of carbonyl (C=O) groups is 1. The van der Waals surface area contributed by atoms with E-state index in [-0.39, 0.29) is 5.91 Å². The summed E-state index contributed by atoms with van der Waals surface area (Å²) in [6.07, 6.45) is 1.62. The maximum Gasteiger partial charge on any atom is 0.274 e. The molecule has 0 aliphatic carbocycles. The molecule has 1 aliphatic heterocycles. The molecule has 6 nitrogen and oxygen atoms in total. The molecule has 0 fully saturated rings. The summed E-state index contributed by atoms with van der Waals surface area (Å²) in [4.78, 5) is 16.4. The largest absolute Gasteiger partial charge is 0.486 e. The number of hydrogen-bond donors (Lipinski definition) is 2. The van der Waals surface area contributed by atoms with Crippen LogP contribution in [-0.4, -0.2) is 24.1 Å². The fourth-order valence-corrected chi connectivity index (χ4v) is 2.61. The molecular weight excluding hydrogens is 330 g/mol. The minimum atomic E-state index is -0.248. The molecule has 0 saturated heterocycles. The molecule has 0 saturated carbocycles. The zero-order valence-electron chi connectivity index (χ0n) is 13.9. The highest BCUT2D eigenvalue weighted by molar-refractivity contribution is 6.02. The second-order valence-electron chi connectivity index (χ2n) is 5.74. The Labute approximate surface area is 150 Å². The van der Waals surface area contributed by atoms with Gasteiger partial charge in [-0.15, -0.1) is 0 Å². The molecule has 1 amide bonds. The van der Waals surface area contributed by atoms with Crippen LogP contribution in [0.3, 0.4) is 0 Å². The third-order valence-electron chi connectivity index (χ3n) is 3.86. The van der Waals surface area contributed by atoms with E-state index in [1.165, 1.54) is 0 Å². The average Bonchev–Trinajstić information content (AvgIpc) is 2.69. The van der Waals surface area contributed by atoms with Gasteiger partial charge in [-0.1, -0.05) is 18.2 Å². The highest BCUT2D eigenvalue weighted by Gasteiger charge is 2.12. The average molecular weight is 347 g/mol. The van der Waals surface area contributed by atoms with Gasteiger partial charge >= 0.3 is 0 Å². The number of fused-ring (bicyclic) bond motifs is 1. The molecule has 3 aromatic rings. The van der Waals surface area contributed by atoms with E-state index in [0.717, 1.165) is 22.8 Å². The van der Waals surface area contributed by atoms with Gasteiger partial charge in [-0.3, -0.25) is 4.79 Å². The summed E-state index contributed by atoms with van der Waals surface area (Å²) < 4.78 is 11.1. The first-order valence-corrected chi connectivity index (χ1v) is 8.27. The van der Waals surface area contributed by atoms with E-state index in [9.17, 15) is 4.79 Å². The highest BCUT2D eigenvalue weighted by atomic mass is 16.6. The van der Waals surface area contributed by atoms with Crippen LogP contribution in [0.2, 0.25) is 0 Å². The van der Waals surface area contributed by atoms with Gasteiger partial charge in [0.15, 0.2) is 11.5 Å². The Hall–Kier alpha value is -3.54. The highest BCUT2D eigenvalue weighted by Crippen LogP contribution is 2.33. The number of amides is 1. The van der Waals surface area contributed by atoms with Gasteiger partial charge in [0.05, 0.1) is 11.9 Å². The first-order chi connectivity index (χ1) is 12.8. The molecule has 0 unspecified atom stereocenters. The van der Waals surface area contributed by atoms with Crippen molar-refractivity contribution in [3.05, 3.63) is 72.6 Å². The topological polar surface area (TPSA) is 72.5 Å². The summed E-state index contributed by atoms with van der Waals surface area (Å²) in [7, 11) is 0. The first-order valence-electron chi connectivity index (χ1n) is 8.27. The minimum Gasteiger partial charge on any atom is -0.486 e.